The summed E-state index contributed by atoms with van der Waals surface area (Å²) in [5, 5.41) is 15.6. The Labute approximate surface area is 200 Å². The first-order valence-electron chi connectivity index (χ1n) is 11.4. The number of halogens is 2. The average Bonchev–Trinajstić information content (AvgIpc) is 2.86. The van der Waals surface area contributed by atoms with Crippen molar-refractivity contribution in [3.05, 3.63) is 64.9 Å². The van der Waals surface area contributed by atoms with Crippen molar-refractivity contribution in [1.82, 2.24) is 15.6 Å². The molecule has 0 unspecified atom stereocenters. The summed E-state index contributed by atoms with van der Waals surface area (Å²) in [4.78, 5) is 15.9. The van der Waals surface area contributed by atoms with Crippen molar-refractivity contribution in [3.63, 3.8) is 0 Å². The Kier molecular flexibility index (Phi) is 6.05. The van der Waals surface area contributed by atoms with Crippen molar-refractivity contribution in [2.45, 2.75) is 25.4 Å². The average molecular weight is 475 g/mol. The van der Waals surface area contributed by atoms with E-state index in [0.29, 0.717) is 29.8 Å². The SMILES string of the molecule is N#Cc1cc(-c2cc(-c3cc4c(cc3F)C(=O)NCC4)c(N)nc2F)ccc1OC1CCNCC1. The van der Waals surface area contributed by atoms with Crippen LogP contribution in [0.4, 0.5) is 14.6 Å². The number of hydrogen-bond donors (Lipinski definition) is 3. The van der Waals surface area contributed by atoms with Gasteiger partial charge in [-0.25, -0.2) is 9.37 Å². The van der Waals surface area contributed by atoms with Crippen LogP contribution in [0.2, 0.25) is 0 Å². The number of nitrogen functional groups attached to an aromatic ring is 1. The Morgan fingerprint density at radius 3 is 2.60 bits per heavy atom. The normalized spacial score (nSPS) is 15.7. The van der Waals surface area contributed by atoms with E-state index in [1.165, 1.54) is 18.2 Å². The Morgan fingerprint density at radius 2 is 1.83 bits per heavy atom. The number of nitrogens with one attached hydrogen (secondary N) is 2. The highest BCUT2D eigenvalue weighted by atomic mass is 19.1. The van der Waals surface area contributed by atoms with Gasteiger partial charge in [-0.1, -0.05) is 6.07 Å². The molecule has 1 aromatic heterocycles. The summed E-state index contributed by atoms with van der Waals surface area (Å²) in [5.41, 5.74) is 8.02. The summed E-state index contributed by atoms with van der Waals surface area (Å²) >= 11 is 0. The molecule has 7 nitrogen and oxygen atoms in total. The number of anilines is 1. The number of carbonyl (C=O) groups is 1. The standard InChI is InChI=1S/C26H23F2N5O2/c27-22-12-19-15(3-8-32-26(19)34)10-20(22)21-11-18(24(28)33-25(21)30)14-1-2-23(16(9-14)13-29)35-17-4-6-31-7-5-17/h1-2,9-12,17,31H,3-8H2,(H2,30,33)(H,32,34). The van der Waals surface area contributed by atoms with Gasteiger partial charge in [-0.15, -0.1) is 0 Å². The number of benzene rings is 2. The van der Waals surface area contributed by atoms with Gasteiger partial charge in [0.15, 0.2) is 0 Å². The van der Waals surface area contributed by atoms with E-state index in [1.54, 1.807) is 18.2 Å². The zero-order valence-electron chi connectivity index (χ0n) is 18.8. The van der Waals surface area contributed by atoms with E-state index < -0.39 is 11.8 Å². The first-order chi connectivity index (χ1) is 16.9. The molecule has 1 fully saturated rings. The van der Waals surface area contributed by atoms with Gasteiger partial charge in [0.1, 0.15) is 29.6 Å². The minimum atomic E-state index is -0.833. The van der Waals surface area contributed by atoms with Crippen LogP contribution in [0.25, 0.3) is 22.3 Å². The summed E-state index contributed by atoms with van der Waals surface area (Å²) in [6.45, 7) is 2.14. The molecule has 3 heterocycles. The van der Waals surface area contributed by atoms with Crippen LogP contribution in [-0.4, -0.2) is 36.6 Å². The maximum absolute atomic E-state index is 15.0. The van der Waals surface area contributed by atoms with E-state index in [0.717, 1.165) is 25.9 Å². The monoisotopic (exact) mass is 475 g/mol. The highest BCUT2D eigenvalue weighted by molar-refractivity contribution is 5.97. The molecule has 1 amide bonds. The van der Waals surface area contributed by atoms with Gasteiger partial charge in [-0.2, -0.15) is 9.65 Å². The fourth-order valence-corrected chi connectivity index (χ4v) is 4.55. The number of ether oxygens (including phenoxy) is 1. The molecule has 0 spiro atoms. The number of carbonyl (C=O) groups excluding carboxylic acids is 1. The number of aromatic nitrogens is 1. The molecule has 35 heavy (non-hydrogen) atoms. The fraction of sp³-hybridized carbons (Fsp3) is 0.269. The van der Waals surface area contributed by atoms with Crippen molar-refractivity contribution in [3.8, 4) is 34.1 Å². The Balaban J connectivity index is 1.54. The number of amides is 1. The van der Waals surface area contributed by atoms with Gasteiger partial charge in [0.25, 0.3) is 5.91 Å². The van der Waals surface area contributed by atoms with Crippen LogP contribution in [0.5, 0.6) is 5.75 Å². The van der Waals surface area contributed by atoms with Gasteiger partial charge >= 0.3 is 0 Å². The van der Waals surface area contributed by atoms with E-state index in [2.05, 4.69) is 21.7 Å². The molecule has 2 aromatic carbocycles. The van der Waals surface area contributed by atoms with E-state index in [4.69, 9.17) is 10.5 Å². The summed E-state index contributed by atoms with van der Waals surface area (Å²) in [7, 11) is 0. The molecule has 4 N–H and O–H groups in total. The predicted molar refractivity (Wildman–Crippen MR) is 127 cm³/mol. The van der Waals surface area contributed by atoms with E-state index in [-0.39, 0.29) is 45.6 Å². The van der Waals surface area contributed by atoms with Crippen molar-refractivity contribution < 1.29 is 18.3 Å². The number of nitrogens with two attached hydrogens (primary N) is 1. The van der Waals surface area contributed by atoms with Gasteiger partial charge in [0, 0.05) is 28.8 Å². The largest absolute Gasteiger partial charge is 0.489 e. The maximum atomic E-state index is 15.0. The summed E-state index contributed by atoms with van der Waals surface area (Å²) in [5.74, 6) is -1.56. The number of nitriles is 1. The predicted octanol–water partition coefficient (Wildman–Crippen LogP) is 3.56. The molecule has 178 valence electrons. The van der Waals surface area contributed by atoms with Gasteiger partial charge in [-0.05, 0) is 73.8 Å². The minimum Gasteiger partial charge on any atom is -0.489 e. The third kappa shape index (κ3) is 4.40. The maximum Gasteiger partial charge on any atom is 0.251 e. The van der Waals surface area contributed by atoms with E-state index in [9.17, 15) is 14.4 Å². The third-order valence-corrected chi connectivity index (χ3v) is 6.40. The van der Waals surface area contributed by atoms with Crippen LogP contribution in [0.1, 0.15) is 34.3 Å². The second-order valence-electron chi connectivity index (χ2n) is 8.64. The second kappa shape index (κ2) is 9.31. The number of nitrogens with zero attached hydrogens (tertiary/aromatic N) is 2. The first-order valence-corrected chi connectivity index (χ1v) is 11.4. The number of fused-ring (bicyclic) bond motifs is 1. The molecule has 0 bridgehead atoms. The molecule has 5 rings (SSSR count). The van der Waals surface area contributed by atoms with Crippen molar-refractivity contribution in [2.24, 2.45) is 0 Å². The molecule has 1 saturated heterocycles. The third-order valence-electron chi connectivity index (χ3n) is 6.40. The zero-order valence-corrected chi connectivity index (χ0v) is 18.8. The van der Waals surface area contributed by atoms with Gasteiger partial charge in [-0.3, -0.25) is 4.79 Å². The molecular weight excluding hydrogens is 452 g/mol. The van der Waals surface area contributed by atoms with Crippen LogP contribution < -0.4 is 21.1 Å². The zero-order chi connectivity index (χ0) is 24.5. The Hall–Kier alpha value is -4.03. The van der Waals surface area contributed by atoms with Gasteiger partial charge < -0.3 is 21.1 Å². The van der Waals surface area contributed by atoms with Crippen LogP contribution >= 0.6 is 0 Å². The lowest BCUT2D eigenvalue weighted by molar-refractivity contribution is 0.0945. The molecular formula is C26H23F2N5O2. The van der Waals surface area contributed by atoms with Crippen LogP contribution in [0.3, 0.4) is 0 Å². The van der Waals surface area contributed by atoms with Crippen molar-refractivity contribution in [1.29, 1.82) is 5.26 Å². The van der Waals surface area contributed by atoms with Crippen LogP contribution in [0, 0.1) is 23.1 Å². The summed E-state index contributed by atoms with van der Waals surface area (Å²) < 4.78 is 35.9. The lowest BCUT2D eigenvalue weighted by atomic mass is 9.93. The molecule has 0 radical (unpaired) electrons. The van der Waals surface area contributed by atoms with Crippen LogP contribution in [-0.2, 0) is 6.42 Å². The van der Waals surface area contributed by atoms with E-state index >= 15 is 4.39 Å². The topological polar surface area (TPSA) is 113 Å². The molecule has 9 heteroatoms. The Morgan fingerprint density at radius 1 is 1.03 bits per heavy atom. The number of rotatable bonds is 4. The molecule has 3 aromatic rings. The van der Waals surface area contributed by atoms with Crippen molar-refractivity contribution in [2.75, 3.05) is 25.4 Å². The van der Waals surface area contributed by atoms with Gasteiger partial charge in [0.2, 0.25) is 5.95 Å². The number of piperidine rings is 1. The quantitative estimate of drug-likeness (QED) is 0.498. The molecule has 2 aliphatic heterocycles. The highest BCUT2D eigenvalue weighted by Crippen LogP contribution is 2.36. The van der Waals surface area contributed by atoms with Crippen molar-refractivity contribution >= 4 is 11.7 Å². The molecule has 0 atom stereocenters. The summed E-state index contributed by atoms with van der Waals surface area (Å²) in [6.07, 6.45) is 2.21. The first kappa shape index (κ1) is 22.7. The minimum absolute atomic E-state index is 0.00444. The number of hydrogen-bond acceptors (Lipinski definition) is 6. The fourth-order valence-electron chi connectivity index (χ4n) is 4.55. The second-order valence-corrected chi connectivity index (χ2v) is 8.64. The lowest BCUT2D eigenvalue weighted by Crippen LogP contribution is -2.34. The molecule has 2 aliphatic rings. The number of pyridine rings is 1. The molecule has 0 saturated carbocycles. The smallest absolute Gasteiger partial charge is 0.251 e. The lowest BCUT2D eigenvalue weighted by Gasteiger charge is -2.24. The highest BCUT2D eigenvalue weighted by Gasteiger charge is 2.23. The van der Waals surface area contributed by atoms with E-state index in [1.807, 2.05) is 0 Å². The molecule has 0 aliphatic carbocycles. The van der Waals surface area contributed by atoms with Crippen LogP contribution in [0.15, 0.2) is 36.4 Å². The Bertz CT molecular complexity index is 1360. The summed E-state index contributed by atoms with van der Waals surface area (Å²) in [6, 6.07) is 11.1. The van der Waals surface area contributed by atoms with Gasteiger partial charge in [0.05, 0.1) is 5.56 Å².